The van der Waals surface area contributed by atoms with Crippen molar-refractivity contribution in [1.82, 2.24) is 4.40 Å². The third-order valence-electron chi connectivity index (χ3n) is 6.89. The van der Waals surface area contributed by atoms with Crippen LogP contribution in [-0.4, -0.2) is 29.2 Å². The molecular formula is C33H31NO5S. The molecule has 7 heteroatoms. The van der Waals surface area contributed by atoms with Gasteiger partial charge < -0.3 is 14.6 Å². The fourth-order valence-corrected chi connectivity index (χ4v) is 6.33. The monoisotopic (exact) mass is 553 g/mol. The summed E-state index contributed by atoms with van der Waals surface area (Å²) in [6.07, 6.45) is 6.49. The number of benzene rings is 3. The average Bonchev–Trinajstić information content (AvgIpc) is 3.36. The number of methoxy groups -OCH3 is 1. The van der Waals surface area contributed by atoms with Crippen molar-refractivity contribution < 1.29 is 19.4 Å². The summed E-state index contributed by atoms with van der Waals surface area (Å²) in [6.45, 7) is 4.59. The maximum Gasteiger partial charge on any atom is 0.354 e. The number of hydrogen-bond donors (Lipinski definition) is 1. The SMILES string of the molecule is CCC=CCCOc1ccc(-c2sc3c(OC)c(Cc4cccc5ccccc45)cc(=O)n3c2C(=O)O)cc1C. The molecule has 0 aliphatic rings. The summed E-state index contributed by atoms with van der Waals surface area (Å²) in [5.41, 5.74) is 2.90. The van der Waals surface area contributed by atoms with Crippen molar-refractivity contribution in [3.05, 3.63) is 112 Å². The molecule has 0 spiro atoms. The van der Waals surface area contributed by atoms with Crippen LogP contribution in [0.25, 0.3) is 26.0 Å². The highest BCUT2D eigenvalue weighted by Gasteiger charge is 2.25. The van der Waals surface area contributed by atoms with Crippen LogP contribution < -0.4 is 15.0 Å². The average molecular weight is 554 g/mol. The summed E-state index contributed by atoms with van der Waals surface area (Å²) < 4.78 is 13.0. The molecule has 5 rings (SSSR count). The second-order valence-corrected chi connectivity index (χ2v) is 10.6. The Balaban J connectivity index is 1.58. The van der Waals surface area contributed by atoms with Gasteiger partial charge in [-0.15, -0.1) is 11.3 Å². The number of ether oxygens (including phenoxy) is 2. The van der Waals surface area contributed by atoms with Gasteiger partial charge in [0.25, 0.3) is 5.56 Å². The van der Waals surface area contributed by atoms with Crippen LogP contribution in [0.5, 0.6) is 11.5 Å². The van der Waals surface area contributed by atoms with Crippen molar-refractivity contribution in [2.45, 2.75) is 33.1 Å². The van der Waals surface area contributed by atoms with Crippen LogP contribution in [0.1, 0.15) is 46.9 Å². The van der Waals surface area contributed by atoms with Crippen molar-refractivity contribution in [1.29, 1.82) is 0 Å². The molecule has 0 aliphatic carbocycles. The molecule has 0 fully saturated rings. The number of nitrogens with zero attached hydrogens (tertiary/aromatic N) is 1. The maximum atomic E-state index is 13.4. The van der Waals surface area contributed by atoms with Gasteiger partial charge in [0.2, 0.25) is 0 Å². The second kappa shape index (κ2) is 11.8. The predicted octanol–water partition coefficient (Wildman–Crippen LogP) is 7.52. The zero-order valence-electron chi connectivity index (χ0n) is 22.8. The van der Waals surface area contributed by atoms with E-state index in [0.717, 1.165) is 40.5 Å². The zero-order valence-corrected chi connectivity index (χ0v) is 23.6. The highest BCUT2D eigenvalue weighted by Crippen LogP contribution is 2.40. The van der Waals surface area contributed by atoms with E-state index in [1.807, 2.05) is 49.4 Å². The first-order valence-electron chi connectivity index (χ1n) is 13.3. The van der Waals surface area contributed by atoms with Crippen molar-refractivity contribution >= 4 is 32.9 Å². The van der Waals surface area contributed by atoms with Crippen molar-refractivity contribution in [3.8, 4) is 21.9 Å². The van der Waals surface area contributed by atoms with E-state index < -0.39 is 11.5 Å². The lowest BCUT2D eigenvalue weighted by Crippen LogP contribution is -2.19. The van der Waals surface area contributed by atoms with Crippen LogP contribution >= 0.6 is 11.3 Å². The maximum absolute atomic E-state index is 13.4. The molecule has 3 aromatic carbocycles. The van der Waals surface area contributed by atoms with E-state index in [9.17, 15) is 14.7 Å². The van der Waals surface area contributed by atoms with Gasteiger partial charge in [0, 0.05) is 18.1 Å². The van der Waals surface area contributed by atoms with E-state index in [1.165, 1.54) is 21.8 Å². The number of carboxylic acid groups (broad SMARTS) is 1. The summed E-state index contributed by atoms with van der Waals surface area (Å²) in [5.74, 6) is 0.0785. The smallest absolute Gasteiger partial charge is 0.354 e. The summed E-state index contributed by atoms with van der Waals surface area (Å²) in [4.78, 5) is 26.9. The number of fused-ring (bicyclic) bond motifs is 2. The minimum Gasteiger partial charge on any atom is -0.493 e. The Morgan fingerprint density at radius 1 is 1.02 bits per heavy atom. The summed E-state index contributed by atoms with van der Waals surface area (Å²) in [6, 6.07) is 21.3. The lowest BCUT2D eigenvalue weighted by molar-refractivity contribution is 0.0690. The lowest BCUT2D eigenvalue weighted by atomic mass is 9.98. The number of carboxylic acids is 1. The molecule has 0 amide bonds. The van der Waals surface area contributed by atoms with Gasteiger partial charge in [-0.25, -0.2) is 4.79 Å². The van der Waals surface area contributed by atoms with Crippen LogP contribution in [-0.2, 0) is 6.42 Å². The first kappa shape index (κ1) is 27.2. The molecule has 40 heavy (non-hydrogen) atoms. The van der Waals surface area contributed by atoms with Gasteiger partial charge in [0.1, 0.15) is 10.6 Å². The van der Waals surface area contributed by atoms with Crippen molar-refractivity contribution in [2.24, 2.45) is 0 Å². The van der Waals surface area contributed by atoms with E-state index in [1.54, 1.807) is 7.11 Å². The van der Waals surface area contributed by atoms with Crippen LogP contribution in [0.4, 0.5) is 0 Å². The van der Waals surface area contributed by atoms with Crippen LogP contribution in [0.2, 0.25) is 0 Å². The van der Waals surface area contributed by atoms with E-state index in [2.05, 4.69) is 37.3 Å². The Hall–Kier alpha value is -4.36. The van der Waals surface area contributed by atoms with Crippen LogP contribution in [0.15, 0.2) is 83.7 Å². The van der Waals surface area contributed by atoms with Gasteiger partial charge in [-0.3, -0.25) is 9.20 Å². The number of aromatic nitrogens is 1. The van der Waals surface area contributed by atoms with Crippen molar-refractivity contribution in [2.75, 3.05) is 13.7 Å². The molecule has 2 heterocycles. The van der Waals surface area contributed by atoms with Crippen LogP contribution in [0.3, 0.4) is 0 Å². The Morgan fingerprint density at radius 3 is 2.58 bits per heavy atom. The van der Waals surface area contributed by atoms with E-state index >= 15 is 0 Å². The number of aryl methyl sites for hydroxylation is 1. The normalized spacial score (nSPS) is 11.5. The number of hydrogen-bond acceptors (Lipinski definition) is 5. The van der Waals surface area contributed by atoms with E-state index in [4.69, 9.17) is 9.47 Å². The Morgan fingerprint density at radius 2 is 1.82 bits per heavy atom. The minimum absolute atomic E-state index is 0.0715. The molecule has 0 saturated heterocycles. The second-order valence-electron chi connectivity index (χ2n) is 9.58. The van der Waals surface area contributed by atoms with Gasteiger partial charge in [-0.1, -0.05) is 61.5 Å². The summed E-state index contributed by atoms with van der Waals surface area (Å²) in [7, 11) is 1.55. The molecule has 0 atom stereocenters. The third-order valence-corrected chi connectivity index (χ3v) is 8.09. The molecule has 1 N–H and O–H groups in total. The Kier molecular flexibility index (Phi) is 8.03. The summed E-state index contributed by atoms with van der Waals surface area (Å²) in [5, 5.41) is 12.4. The zero-order chi connectivity index (χ0) is 28.2. The fraction of sp³-hybridized carbons (Fsp3) is 0.212. The summed E-state index contributed by atoms with van der Waals surface area (Å²) >= 11 is 1.25. The fourth-order valence-electron chi connectivity index (χ4n) is 5.03. The third kappa shape index (κ3) is 5.25. The lowest BCUT2D eigenvalue weighted by Gasteiger charge is -2.12. The largest absolute Gasteiger partial charge is 0.493 e. The molecule has 6 nitrogen and oxygen atoms in total. The highest BCUT2D eigenvalue weighted by molar-refractivity contribution is 7.21. The van der Waals surface area contributed by atoms with Crippen molar-refractivity contribution in [3.63, 3.8) is 0 Å². The number of aromatic carboxylic acids is 1. The number of allylic oxidation sites excluding steroid dienone is 1. The number of pyridine rings is 1. The van der Waals surface area contributed by atoms with Gasteiger partial charge in [-0.05, 0) is 65.4 Å². The molecule has 0 aliphatic heterocycles. The molecule has 0 saturated carbocycles. The molecule has 0 bridgehead atoms. The highest BCUT2D eigenvalue weighted by atomic mass is 32.1. The standard InChI is InChI=1S/C33H31NO5S/c1-4-5-6-9-17-39-27-16-15-24(18-21(27)2)31-29(33(36)37)34-28(35)20-25(30(38-3)32(34)40-31)19-23-13-10-12-22-11-7-8-14-26(22)23/h5-8,10-16,18,20H,4,9,17,19H2,1-3H3,(H,36,37). The molecule has 204 valence electrons. The molecule has 0 unspecified atom stereocenters. The quantitative estimate of drug-likeness (QED) is 0.143. The molecule has 5 aromatic rings. The predicted molar refractivity (Wildman–Crippen MR) is 162 cm³/mol. The topological polar surface area (TPSA) is 77.2 Å². The first-order chi connectivity index (χ1) is 19.4. The molecule has 2 aromatic heterocycles. The van der Waals surface area contributed by atoms with Crippen LogP contribution in [0, 0.1) is 6.92 Å². The number of rotatable bonds is 10. The van der Waals surface area contributed by atoms with Gasteiger partial charge in [-0.2, -0.15) is 0 Å². The number of carbonyl (C=O) groups is 1. The Labute approximate surface area is 236 Å². The molecule has 0 radical (unpaired) electrons. The van der Waals surface area contributed by atoms with E-state index in [-0.39, 0.29) is 5.69 Å². The van der Waals surface area contributed by atoms with E-state index in [0.29, 0.717) is 39.6 Å². The molecular weight excluding hydrogens is 522 g/mol. The van der Waals surface area contributed by atoms with Gasteiger partial charge >= 0.3 is 5.97 Å². The van der Waals surface area contributed by atoms with Gasteiger partial charge in [0.15, 0.2) is 11.4 Å². The van der Waals surface area contributed by atoms with Gasteiger partial charge in [0.05, 0.1) is 18.6 Å². The minimum atomic E-state index is -1.17. The Bertz CT molecular complexity index is 1790. The number of thiazole rings is 1. The first-order valence-corrected chi connectivity index (χ1v) is 14.1.